The maximum Gasteiger partial charge on any atom is 0.247 e. The van der Waals surface area contributed by atoms with E-state index in [0.717, 1.165) is 11.3 Å². The molecule has 2 aromatic rings. The van der Waals surface area contributed by atoms with Crippen LogP contribution in [0.4, 0.5) is 0 Å². The van der Waals surface area contributed by atoms with E-state index in [0.29, 0.717) is 24.4 Å². The molecule has 1 heterocycles. The molecule has 1 aliphatic carbocycles. The molecule has 1 aliphatic rings. The van der Waals surface area contributed by atoms with E-state index < -0.39 is 0 Å². The van der Waals surface area contributed by atoms with E-state index in [1.165, 1.54) is 25.7 Å². The van der Waals surface area contributed by atoms with Crippen LogP contribution in [0.25, 0.3) is 11.5 Å². The summed E-state index contributed by atoms with van der Waals surface area (Å²) in [4.78, 5) is 0. The van der Waals surface area contributed by atoms with E-state index >= 15 is 0 Å². The van der Waals surface area contributed by atoms with Gasteiger partial charge in [-0.05, 0) is 37.1 Å². The molecule has 1 aromatic heterocycles. The fourth-order valence-electron chi connectivity index (χ4n) is 2.54. The molecule has 1 fully saturated rings. The van der Waals surface area contributed by atoms with Crippen LogP contribution in [-0.4, -0.2) is 23.3 Å². The summed E-state index contributed by atoms with van der Waals surface area (Å²) in [5.74, 6) is 2.01. The molecule has 0 aliphatic heterocycles. The smallest absolute Gasteiger partial charge is 0.247 e. The average Bonchev–Trinajstić information content (AvgIpc) is 3.17. The van der Waals surface area contributed by atoms with Gasteiger partial charge in [0, 0.05) is 11.6 Å². The molecule has 0 saturated heterocycles. The Labute approximate surface area is 118 Å². The molecule has 3 rings (SSSR count). The van der Waals surface area contributed by atoms with Crippen LogP contribution in [0.1, 0.15) is 31.6 Å². The maximum atomic E-state index is 5.68. The molecule has 5 nitrogen and oxygen atoms in total. The highest BCUT2D eigenvalue weighted by Gasteiger charge is 2.15. The molecule has 20 heavy (non-hydrogen) atoms. The zero-order valence-corrected chi connectivity index (χ0v) is 11.6. The molecular formula is C15H19N3O2. The van der Waals surface area contributed by atoms with E-state index in [2.05, 4.69) is 15.5 Å². The van der Waals surface area contributed by atoms with Gasteiger partial charge in [-0.3, -0.25) is 0 Å². The summed E-state index contributed by atoms with van der Waals surface area (Å²) in [6.45, 7) is 0.647. The van der Waals surface area contributed by atoms with Gasteiger partial charge >= 0.3 is 0 Å². The lowest BCUT2D eigenvalue weighted by atomic mass is 10.2. The highest BCUT2D eigenvalue weighted by atomic mass is 16.5. The second-order valence-electron chi connectivity index (χ2n) is 5.09. The van der Waals surface area contributed by atoms with Crippen molar-refractivity contribution >= 4 is 0 Å². The van der Waals surface area contributed by atoms with Crippen LogP contribution < -0.4 is 10.1 Å². The van der Waals surface area contributed by atoms with Crippen molar-refractivity contribution < 1.29 is 9.15 Å². The second kappa shape index (κ2) is 6.05. The van der Waals surface area contributed by atoms with Gasteiger partial charge in [0.05, 0.1) is 13.7 Å². The average molecular weight is 273 g/mol. The van der Waals surface area contributed by atoms with E-state index in [1.807, 2.05) is 24.3 Å². The van der Waals surface area contributed by atoms with E-state index in [4.69, 9.17) is 9.15 Å². The Bertz CT molecular complexity index is 545. The molecule has 5 heteroatoms. The minimum atomic E-state index is 0.552. The fraction of sp³-hybridized carbons (Fsp3) is 0.467. The lowest BCUT2D eigenvalue weighted by Gasteiger charge is -2.08. The molecule has 1 N–H and O–H groups in total. The van der Waals surface area contributed by atoms with Gasteiger partial charge in [0.25, 0.3) is 0 Å². The van der Waals surface area contributed by atoms with E-state index in [1.54, 1.807) is 7.11 Å². The van der Waals surface area contributed by atoms with Crippen LogP contribution in [0.2, 0.25) is 0 Å². The van der Waals surface area contributed by atoms with Crippen molar-refractivity contribution in [3.05, 3.63) is 30.2 Å². The number of methoxy groups -OCH3 is 1. The summed E-state index contributed by atoms with van der Waals surface area (Å²) in [6, 6.07) is 8.21. The summed E-state index contributed by atoms with van der Waals surface area (Å²) in [5, 5.41) is 11.6. The Morgan fingerprint density at radius 1 is 1.20 bits per heavy atom. The summed E-state index contributed by atoms with van der Waals surface area (Å²) in [6.07, 6.45) is 5.14. The molecular weight excluding hydrogens is 254 g/mol. The summed E-state index contributed by atoms with van der Waals surface area (Å²) in [5.41, 5.74) is 0.908. The predicted octanol–water partition coefficient (Wildman–Crippen LogP) is 2.78. The maximum absolute atomic E-state index is 5.68. The number of benzene rings is 1. The Morgan fingerprint density at radius 2 is 1.95 bits per heavy atom. The second-order valence-corrected chi connectivity index (χ2v) is 5.09. The first-order valence-electron chi connectivity index (χ1n) is 7.05. The number of nitrogens with zero attached hydrogens (tertiary/aromatic N) is 2. The van der Waals surface area contributed by atoms with Gasteiger partial charge in [0.15, 0.2) is 0 Å². The Morgan fingerprint density at radius 3 is 2.65 bits per heavy atom. The molecule has 1 saturated carbocycles. The third-order valence-corrected chi connectivity index (χ3v) is 3.70. The van der Waals surface area contributed by atoms with Crippen LogP contribution in [-0.2, 0) is 6.54 Å². The predicted molar refractivity (Wildman–Crippen MR) is 75.4 cm³/mol. The third-order valence-electron chi connectivity index (χ3n) is 3.70. The Kier molecular flexibility index (Phi) is 3.97. The summed E-state index contributed by atoms with van der Waals surface area (Å²) >= 11 is 0. The lowest BCUT2D eigenvalue weighted by molar-refractivity contribution is 0.414. The monoisotopic (exact) mass is 273 g/mol. The quantitative estimate of drug-likeness (QED) is 0.907. The highest BCUT2D eigenvalue weighted by Crippen LogP contribution is 2.22. The first-order valence-corrected chi connectivity index (χ1v) is 7.05. The number of nitrogens with one attached hydrogen (secondary N) is 1. The first kappa shape index (κ1) is 13.1. The third kappa shape index (κ3) is 2.99. The number of aromatic nitrogens is 2. The Balaban J connectivity index is 1.62. The molecule has 0 radical (unpaired) electrons. The van der Waals surface area contributed by atoms with Crippen molar-refractivity contribution in [2.24, 2.45) is 0 Å². The normalized spacial score (nSPS) is 15.7. The van der Waals surface area contributed by atoms with Crippen molar-refractivity contribution in [2.45, 2.75) is 38.3 Å². The van der Waals surface area contributed by atoms with Gasteiger partial charge in [0.2, 0.25) is 11.8 Å². The van der Waals surface area contributed by atoms with Gasteiger partial charge in [0.1, 0.15) is 5.75 Å². The van der Waals surface area contributed by atoms with Gasteiger partial charge in [-0.25, -0.2) is 0 Å². The minimum absolute atomic E-state index is 0.552. The first-order chi connectivity index (χ1) is 9.85. The molecule has 0 bridgehead atoms. The van der Waals surface area contributed by atoms with Crippen molar-refractivity contribution in [3.8, 4) is 17.2 Å². The molecule has 0 unspecified atom stereocenters. The summed E-state index contributed by atoms with van der Waals surface area (Å²) < 4.78 is 10.8. The Hall–Kier alpha value is -1.88. The van der Waals surface area contributed by atoms with Crippen LogP contribution in [0.15, 0.2) is 28.7 Å². The largest absolute Gasteiger partial charge is 0.497 e. The van der Waals surface area contributed by atoms with Gasteiger partial charge in [-0.15, -0.1) is 10.2 Å². The van der Waals surface area contributed by atoms with E-state index in [9.17, 15) is 0 Å². The molecule has 106 valence electrons. The standard InChI is InChI=1S/C15H19N3O2/c1-19-13-8-6-11(7-9-13)15-18-17-14(20-15)10-16-12-4-2-3-5-12/h6-9,12,16H,2-5,10H2,1H3. The number of ether oxygens (including phenoxy) is 1. The van der Waals surface area contributed by atoms with Crippen molar-refractivity contribution in [1.82, 2.24) is 15.5 Å². The molecule has 1 aromatic carbocycles. The van der Waals surface area contributed by atoms with Gasteiger partial charge in [-0.2, -0.15) is 0 Å². The zero-order chi connectivity index (χ0) is 13.8. The fourth-order valence-corrected chi connectivity index (χ4v) is 2.54. The number of hydrogen-bond donors (Lipinski definition) is 1. The molecule has 0 amide bonds. The van der Waals surface area contributed by atoms with Gasteiger partial charge in [-0.1, -0.05) is 12.8 Å². The highest BCUT2D eigenvalue weighted by molar-refractivity contribution is 5.53. The van der Waals surface area contributed by atoms with Crippen molar-refractivity contribution in [2.75, 3.05) is 7.11 Å². The van der Waals surface area contributed by atoms with E-state index in [-0.39, 0.29) is 0 Å². The zero-order valence-electron chi connectivity index (χ0n) is 11.6. The van der Waals surface area contributed by atoms with Crippen LogP contribution in [0.3, 0.4) is 0 Å². The van der Waals surface area contributed by atoms with Crippen molar-refractivity contribution in [3.63, 3.8) is 0 Å². The topological polar surface area (TPSA) is 60.2 Å². The van der Waals surface area contributed by atoms with Crippen molar-refractivity contribution in [1.29, 1.82) is 0 Å². The molecule has 0 spiro atoms. The lowest BCUT2D eigenvalue weighted by Crippen LogP contribution is -2.25. The van der Waals surface area contributed by atoms with Crippen LogP contribution in [0.5, 0.6) is 5.75 Å². The molecule has 0 atom stereocenters. The number of rotatable bonds is 5. The SMILES string of the molecule is COc1ccc(-c2nnc(CNC3CCCC3)o2)cc1. The van der Waals surface area contributed by atoms with Crippen LogP contribution >= 0.6 is 0 Å². The van der Waals surface area contributed by atoms with Crippen LogP contribution in [0, 0.1) is 0 Å². The number of hydrogen-bond acceptors (Lipinski definition) is 5. The minimum Gasteiger partial charge on any atom is -0.497 e. The summed E-state index contributed by atoms with van der Waals surface area (Å²) in [7, 11) is 1.65. The van der Waals surface area contributed by atoms with Gasteiger partial charge < -0.3 is 14.5 Å².